The predicted molar refractivity (Wildman–Crippen MR) is 197 cm³/mol. The van der Waals surface area contributed by atoms with Gasteiger partial charge in [0.05, 0.1) is 6.61 Å². The predicted octanol–water partition coefficient (Wildman–Crippen LogP) is 14.3. The standard InChI is InChI=1S/C39H82NO3P/c1-4-7-10-13-15-17-19-21-23-25-27-29-31-34-37-40(44(41,42)43-39-36-33-12-9-6-3)38-35-32-30-28-26-24-22-20-18-16-14-11-8-5-2/h4-39H2,1-3H3,(H,41,42). The maximum Gasteiger partial charge on any atom is 0.405 e. The quantitative estimate of drug-likeness (QED) is 0.0537. The Kier molecular flexibility index (Phi) is 36.0. The highest BCUT2D eigenvalue weighted by Gasteiger charge is 2.28. The molecule has 266 valence electrons. The fraction of sp³-hybridized carbons (Fsp3) is 1.00. The molecule has 0 aliphatic heterocycles. The summed E-state index contributed by atoms with van der Waals surface area (Å²) in [6.45, 7) is 8.58. The summed E-state index contributed by atoms with van der Waals surface area (Å²) < 4.78 is 20.6. The molecule has 0 heterocycles. The maximum absolute atomic E-state index is 13.2. The van der Waals surface area contributed by atoms with Crippen molar-refractivity contribution in [3.63, 3.8) is 0 Å². The zero-order chi connectivity index (χ0) is 32.2. The van der Waals surface area contributed by atoms with Gasteiger partial charge >= 0.3 is 7.75 Å². The largest absolute Gasteiger partial charge is 0.405 e. The van der Waals surface area contributed by atoms with Gasteiger partial charge in [0, 0.05) is 13.1 Å². The van der Waals surface area contributed by atoms with Gasteiger partial charge in [-0.15, -0.1) is 0 Å². The summed E-state index contributed by atoms with van der Waals surface area (Å²) in [7, 11) is -3.70. The number of nitrogens with zero attached hydrogens (tertiary/aromatic N) is 1. The molecule has 0 rings (SSSR count). The molecule has 44 heavy (non-hydrogen) atoms. The van der Waals surface area contributed by atoms with Gasteiger partial charge in [0.1, 0.15) is 0 Å². The van der Waals surface area contributed by atoms with E-state index in [-0.39, 0.29) is 0 Å². The topological polar surface area (TPSA) is 49.8 Å². The molecule has 0 aromatic carbocycles. The van der Waals surface area contributed by atoms with Gasteiger partial charge in [-0.05, 0) is 19.3 Å². The number of rotatable bonds is 38. The van der Waals surface area contributed by atoms with Gasteiger partial charge in [0.25, 0.3) is 0 Å². The van der Waals surface area contributed by atoms with Gasteiger partial charge in [0.15, 0.2) is 0 Å². The molecule has 0 amide bonds. The van der Waals surface area contributed by atoms with Crippen LogP contribution in [0.15, 0.2) is 0 Å². The molecule has 4 nitrogen and oxygen atoms in total. The molecule has 1 atom stereocenters. The molecule has 1 N–H and O–H groups in total. The Balaban J connectivity index is 4.09. The van der Waals surface area contributed by atoms with Crippen molar-refractivity contribution >= 4 is 7.75 Å². The average Bonchev–Trinajstić information content (AvgIpc) is 3.01. The van der Waals surface area contributed by atoms with Crippen molar-refractivity contribution in [2.75, 3.05) is 19.7 Å². The van der Waals surface area contributed by atoms with E-state index in [4.69, 9.17) is 4.52 Å². The van der Waals surface area contributed by atoms with Crippen LogP contribution >= 0.6 is 7.75 Å². The fourth-order valence-electron chi connectivity index (χ4n) is 6.31. The van der Waals surface area contributed by atoms with Gasteiger partial charge in [0.2, 0.25) is 0 Å². The molecule has 0 saturated carbocycles. The molecule has 0 aliphatic carbocycles. The first-order valence-corrected chi connectivity index (χ1v) is 21.8. The summed E-state index contributed by atoms with van der Waals surface area (Å²) in [5.41, 5.74) is 0. The van der Waals surface area contributed by atoms with Crippen molar-refractivity contribution in [3.8, 4) is 0 Å². The summed E-state index contributed by atoms with van der Waals surface area (Å²) >= 11 is 0. The lowest BCUT2D eigenvalue weighted by atomic mass is 10.0. The average molecular weight is 644 g/mol. The molecule has 0 aromatic heterocycles. The van der Waals surface area contributed by atoms with E-state index in [9.17, 15) is 9.46 Å². The zero-order valence-electron chi connectivity index (χ0n) is 30.6. The normalized spacial score (nSPS) is 13.2. The van der Waals surface area contributed by atoms with Crippen LogP contribution in [0.3, 0.4) is 0 Å². The highest BCUT2D eigenvalue weighted by atomic mass is 31.2. The third kappa shape index (κ3) is 32.1. The first kappa shape index (κ1) is 44.1. The molecule has 5 heteroatoms. The highest BCUT2D eigenvalue weighted by molar-refractivity contribution is 7.50. The van der Waals surface area contributed by atoms with Gasteiger partial charge in [-0.2, -0.15) is 0 Å². The van der Waals surface area contributed by atoms with Crippen LogP contribution in [0.2, 0.25) is 0 Å². The van der Waals surface area contributed by atoms with E-state index in [1.165, 1.54) is 173 Å². The highest BCUT2D eigenvalue weighted by Crippen LogP contribution is 2.47. The van der Waals surface area contributed by atoms with E-state index in [1.807, 2.05) is 0 Å². The van der Waals surface area contributed by atoms with E-state index in [0.29, 0.717) is 19.7 Å². The summed E-state index contributed by atoms with van der Waals surface area (Å²) in [5, 5.41) is 0. The van der Waals surface area contributed by atoms with Crippen molar-refractivity contribution < 1.29 is 14.0 Å². The Morgan fingerprint density at radius 2 is 0.614 bits per heavy atom. The van der Waals surface area contributed by atoms with Gasteiger partial charge in [-0.1, -0.05) is 213 Å². The monoisotopic (exact) mass is 644 g/mol. The third-order valence-corrected chi connectivity index (χ3v) is 11.0. The van der Waals surface area contributed by atoms with Crippen LogP contribution in [0.4, 0.5) is 0 Å². The van der Waals surface area contributed by atoms with Crippen LogP contribution in [0.1, 0.15) is 233 Å². The summed E-state index contributed by atoms with van der Waals surface area (Å²) in [4.78, 5) is 10.8. The van der Waals surface area contributed by atoms with Crippen LogP contribution < -0.4 is 0 Å². The molecular weight excluding hydrogens is 561 g/mol. The third-order valence-electron chi connectivity index (χ3n) is 9.40. The van der Waals surface area contributed by atoms with E-state index in [1.54, 1.807) is 4.67 Å². The van der Waals surface area contributed by atoms with Gasteiger partial charge < -0.3 is 4.89 Å². The van der Waals surface area contributed by atoms with Crippen LogP contribution in [-0.4, -0.2) is 29.3 Å². The number of unbranched alkanes of at least 4 members (excludes halogenated alkanes) is 30. The SMILES string of the molecule is CCCCCCCCCCCCCCCCN(CCCCCCCCCCCCCCCC)P(=O)(O)OCCCCCCC. The van der Waals surface area contributed by atoms with Crippen molar-refractivity contribution in [3.05, 3.63) is 0 Å². The van der Waals surface area contributed by atoms with E-state index in [2.05, 4.69) is 20.8 Å². The maximum atomic E-state index is 13.2. The molecule has 0 radical (unpaired) electrons. The summed E-state index contributed by atoms with van der Waals surface area (Å²) in [6, 6.07) is 0. The Bertz CT molecular complexity index is 556. The van der Waals surface area contributed by atoms with E-state index < -0.39 is 7.75 Å². The van der Waals surface area contributed by atoms with Crippen LogP contribution in [0, 0.1) is 0 Å². The molecule has 1 unspecified atom stereocenters. The molecule has 0 fully saturated rings. The fourth-order valence-corrected chi connectivity index (χ4v) is 7.63. The molecule has 0 spiro atoms. The Morgan fingerprint density at radius 1 is 0.386 bits per heavy atom. The van der Waals surface area contributed by atoms with Crippen LogP contribution in [0.25, 0.3) is 0 Å². The second kappa shape index (κ2) is 36.0. The molecule has 0 aliphatic rings. The minimum atomic E-state index is -3.70. The minimum absolute atomic E-state index is 0.408. The lowest BCUT2D eigenvalue weighted by molar-refractivity contribution is 0.194. The van der Waals surface area contributed by atoms with Crippen LogP contribution in [0.5, 0.6) is 0 Å². The Hall–Kier alpha value is 0.110. The van der Waals surface area contributed by atoms with Crippen LogP contribution in [-0.2, 0) is 9.09 Å². The minimum Gasteiger partial charge on any atom is -0.312 e. The lowest BCUT2D eigenvalue weighted by Crippen LogP contribution is -2.24. The Morgan fingerprint density at radius 3 is 0.886 bits per heavy atom. The molecule has 0 bridgehead atoms. The first-order chi connectivity index (χ1) is 21.6. The second-order valence-electron chi connectivity index (χ2n) is 13.9. The number of hydrogen-bond acceptors (Lipinski definition) is 2. The molecular formula is C39H82NO3P. The molecule has 0 aromatic rings. The van der Waals surface area contributed by atoms with Crippen molar-refractivity contribution in [1.82, 2.24) is 4.67 Å². The summed E-state index contributed by atoms with van der Waals surface area (Å²) in [6.07, 6.45) is 42.9. The van der Waals surface area contributed by atoms with Crippen molar-refractivity contribution in [1.29, 1.82) is 0 Å². The van der Waals surface area contributed by atoms with Gasteiger partial charge in [-0.3, -0.25) is 4.52 Å². The smallest absolute Gasteiger partial charge is 0.312 e. The lowest BCUT2D eigenvalue weighted by Gasteiger charge is -2.26. The summed E-state index contributed by atoms with van der Waals surface area (Å²) in [5.74, 6) is 0. The zero-order valence-corrected chi connectivity index (χ0v) is 31.5. The first-order valence-electron chi connectivity index (χ1n) is 20.3. The van der Waals surface area contributed by atoms with E-state index in [0.717, 1.165) is 38.5 Å². The second-order valence-corrected chi connectivity index (χ2v) is 15.7. The molecule has 0 saturated heterocycles. The Labute approximate surface area is 278 Å². The van der Waals surface area contributed by atoms with E-state index >= 15 is 0 Å². The number of hydrogen-bond donors (Lipinski definition) is 1. The van der Waals surface area contributed by atoms with Gasteiger partial charge in [-0.25, -0.2) is 9.24 Å². The van der Waals surface area contributed by atoms with Crippen molar-refractivity contribution in [2.45, 2.75) is 233 Å². The van der Waals surface area contributed by atoms with Crippen molar-refractivity contribution in [2.24, 2.45) is 0 Å².